The molecule has 0 aromatic heterocycles. The maximum absolute atomic E-state index is 10.9. The van der Waals surface area contributed by atoms with Gasteiger partial charge >= 0.3 is 5.97 Å². The predicted octanol–water partition coefficient (Wildman–Crippen LogP) is 1.01. The van der Waals surface area contributed by atoms with Crippen LogP contribution in [0.2, 0.25) is 0 Å². The number of ether oxygens (including phenoxy) is 3. The lowest BCUT2D eigenvalue weighted by Crippen LogP contribution is -2.24. The van der Waals surface area contributed by atoms with Gasteiger partial charge < -0.3 is 19.3 Å². The zero-order chi connectivity index (χ0) is 12.9. The van der Waals surface area contributed by atoms with Crippen LogP contribution >= 0.6 is 0 Å². The van der Waals surface area contributed by atoms with Crippen LogP contribution in [0, 0.1) is 0 Å². The third-order valence-corrected chi connectivity index (χ3v) is 2.47. The maximum Gasteiger partial charge on any atom is 0.305 e. The van der Waals surface area contributed by atoms with E-state index in [9.17, 15) is 4.79 Å². The fourth-order valence-corrected chi connectivity index (χ4v) is 1.70. The molecule has 17 heavy (non-hydrogen) atoms. The van der Waals surface area contributed by atoms with E-state index >= 15 is 0 Å². The van der Waals surface area contributed by atoms with Crippen LogP contribution in [0.1, 0.15) is 26.7 Å². The first kappa shape index (κ1) is 14.2. The topological polar surface area (TPSA) is 65.0 Å². The molecule has 0 aromatic rings. The average molecular weight is 244 g/mol. The molecule has 1 aliphatic rings. The molecule has 0 radical (unpaired) electrons. The first-order chi connectivity index (χ1) is 7.98. The van der Waals surface area contributed by atoms with Crippen LogP contribution in [0.15, 0.2) is 12.2 Å². The standard InChI is InChI=1S/C12H20O5/c1-12(2)16-9(10(8-13)17-12)6-4-5-7-11(14)15-3/h4,6,9-10,13H,5,7-8H2,1-3H3/b6-4-. The van der Waals surface area contributed by atoms with Crippen molar-refractivity contribution in [2.24, 2.45) is 0 Å². The number of aliphatic hydroxyl groups is 1. The number of allylic oxidation sites excluding steroid dienone is 1. The monoisotopic (exact) mass is 244 g/mol. The molecule has 1 rings (SSSR count). The van der Waals surface area contributed by atoms with Crippen molar-refractivity contribution < 1.29 is 24.1 Å². The highest BCUT2D eigenvalue weighted by Crippen LogP contribution is 2.28. The lowest BCUT2D eigenvalue weighted by molar-refractivity contribution is -0.146. The normalized spacial score (nSPS) is 27.5. The van der Waals surface area contributed by atoms with E-state index in [2.05, 4.69) is 4.74 Å². The van der Waals surface area contributed by atoms with Gasteiger partial charge in [-0.25, -0.2) is 0 Å². The Morgan fingerprint density at radius 3 is 2.76 bits per heavy atom. The molecule has 5 heteroatoms. The number of carbonyl (C=O) groups excluding carboxylic acids is 1. The summed E-state index contributed by atoms with van der Waals surface area (Å²) in [6, 6.07) is 0. The number of carbonyl (C=O) groups is 1. The molecule has 2 atom stereocenters. The third kappa shape index (κ3) is 4.46. The van der Waals surface area contributed by atoms with Crippen molar-refractivity contribution in [3.05, 3.63) is 12.2 Å². The van der Waals surface area contributed by atoms with Gasteiger partial charge in [0, 0.05) is 6.42 Å². The summed E-state index contributed by atoms with van der Waals surface area (Å²) < 4.78 is 15.6. The van der Waals surface area contributed by atoms with Gasteiger partial charge in [0.15, 0.2) is 5.79 Å². The molecule has 1 fully saturated rings. The van der Waals surface area contributed by atoms with Crippen LogP contribution in [0.3, 0.4) is 0 Å². The summed E-state index contributed by atoms with van der Waals surface area (Å²) in [6.45, 7) is 3.52. The second-order valence-electron chi connectivity index (χ2n) is 4.36. The number of rotatable bonds is 5. The smallest absolute Gasteiger partial charge is 0.305 e. The Hall–Kier alpha value is -0.910. The number of esters is 1. The Kier molecular flexibility index (Phi) is 5.11. The Morgan fingerprint density at radius 1 is 1.47 bits per heavy atom. The van der Waals surface area contributed by atoms with Gasteiger partial charge in [0.1, 0.15) is 12.2 Å². The highest BCUT2D eigenvalue weighted by molar-refractivity contribution is 5.69. The summed E-state index contributed by atoms with van der Waals surface area (Å²) in [5, 5.41) is 9.14. The molecule has 0 spiro atoms. The third-order valence-electron chi connectivity index (χ3n) is 2.47. The zero-order valence-corrected chi connectivity index (χ0v) is 10.5. The van der Waals surface area contributed by atoms with Crippen LogP contribution in [0.5, 0.6) is 0 Å². The van der Waals surface area contributed by atoms with Crippen LogP contribution in [0.25, 0.3) is 0 Å². The second kappa shape index (κ2) is 6.14. The van der Waals surface area contributed by atoms with Gasteiger partial charge in [-0.1, -0.05) is 12.2 Å². The molecule has 5 nitrogen and oxygen atoms in total. The molecule has 1 saturated heterocycles. The molecule has 0 aliphatic carbocycles. The first-order valence-electron chi connectivity index (χ1n) is 5.68. The van der Waals surface area contributed by atoms with Gasteiger partial charge in [-0.15, -0.1) is 0 Å². The van der Waals surface area contributed by atoms with E-state index in [0.29, 0.717) is 12.8 Å². The number of hydrogen-bond acceptors (Lipinski definition) is 5. The van der Waals surface area contributed by atoms with Crippen molar-refractivity contribution in [3.8, 4) is 0 Å². The molecule has 0 amide bonds. The van der Waals surface area contributed by atoms with Crippen molar-refractivity contribution in [2.75, 3.05) is 13.7 Å². The summed E-state index contributed by atoms with van der Waals surface area (Å²) in [6.07, 6.45) is 3.97. The van der Waals surface area contributed by atoms with E-state index in [0.717, 1.165) is 0 Å². The SMILES string of the molecule is COC(=O)CC/C=C\C1OC(C)(C)OC1CO. The molecule has 98 valence electrons. The molecule has 1 aliphatic heterocycles. The molecule has 1 heterocycles. The minimum absolute atomic E-state index is 0.0879. The Balaban J connectivity index is 2.39. The van der Waals surface area contributed by atoms with E-state index in [1.807, 2.05) is 12.2 Å². The Morgan fingerprint density at radius 2 is 2.18 bits per heavy atom. The highest BCUT2D eigenvalue weighted by atomic mass is 16.8. The van der Waals surface area contributed by atoms with Crippen molar-refractivity contribution in [1.82, 2.24) is 0 Å². The first-order valence-corrected chi connectivity index (χ1v) is 5.68. The number of methoxy groups -OCH3 is 1. The van der Waals surface area contributed by atoms with E-state index in [4.69, 9.17) is 14.6 Å². The summed E-state index contributed by atoms with van der Waals surface area (Å²) in [7, 11) is 1.37. The Bertz CT molecular complexity index is 285. The van der Waals surface area contributed by atoms with E-state index < -0.39 is 5.79 Å². The van der Waals surface area contributed by atoms with E-state index in [1.54, 1.807) is 13.8 Å². The van der Waals surface area contributed by atoms with Gasteiger partial charge in [0.2, 0.25) is 0 Å². The molecule has 0 saturated carbocycles. The van der Waals surface area contributed by atoms with Crippen LogP contribution in [0.4, 0.5) is 0 Å². The molecular formula is C12H20O5. The molecule has 0 aromatic carbocycles. The van der Waals surface area contributed by atoms with Gasteiger partial charge in [-0.3, -0.25) is 4.79 Å². The minimum atomic E-state index is -0.676. The quantitative estimate of drug-likeness (QED) is 0.577. The summed E-state index contributed by atoms with van der Waals surface area (Å²) >= 11 is 0. The van der Waals surface area contributed by atoms with Gasteiger partial charge in [0.05, 0.1) is 13.7 Å². The summed E-state index contributed by atoms with van der Waals surface area (Å²) in [5.41, 5.74) is 0. The largest absolute Gasteiger partial charge is 0.469 e. The van der Waals surface area contributed by atoms with E-state index in [1.165, 1.54) is 7.11 Å². The van der Waals surface area contributed by atoms with Gasteiger partial charge in [-0.05, 0) is 20.3 Å². The van der Waals surface area contributed by atoms with Gasteiger partial charge in [0.25, 0.3) is 0 Å². The number of aliphatic hydroxyl groups excluding tert-OH is 1. The molecule has 0 bridgehead atoms. The van der Waals surface area contributed by atoms with Crippen molar-refractivity contribution in [2.45, 2.75) is 44.7 Å². The fraction of sp³-hybridized carbons (Fsp3) is 0.750. The van der Waals surface area contributed by atoms with Crippen LogP contribution < -0.4 is 0 Å². The summed E-state index contributed by atoms with van der Waals surface area (Å²) in [4.78, 5) is 10.9. The average Bonchev–Trinajstić information content (AvgIpc) is 2.59. The van der Waals surface area contributed by atoms with Gasteiger partial charge in [-0.2, -0.15) is 0 Å². The van der Waals surface area contributed by atoms with E-state index in [-0.39, 0.29) is 24.8 Å². The van der Waals surface area contributed by atoms with Crippen LogP contribution in [-0.4, -0.2) is 42.8 Å². The fourth-order valence-electron chi connectivity index (χ4n) is 1.70. The van der Waals surface area contributed by atoms with Crippen molar-refractivity contribution in [1.29, 1.82) is 0 Å². The van der Waals surface area contributed by atoms with Crippen molar-refractivity contribution in [3.63, 3.8) is 0 Å². The van der Waals surface area contributed by atoms with Crippen molar-refractivity contribution >= 4 is 5.97 Å². The second-order valence-corrected chi connectivity index (χ2v) is 4.36. The maximum atomic E-state index is 10.9. The zero-order valence-electron chi connectivity index (χ0n) is 10.5. The predicted molar refractivity (Wildman–Crippen MR) is 61.3 cm³/mol. The highest BCUT2D eigenvalue weighted by Gasteiger charge is 2.39. The lowest BCUT2D eigenvalue weighted by Gasteiger charge is -2.15. The Labute approximate surface area is 101 Å². The molecule has 1 N–H and O–H groups in total. The minimum Gasteiger partial charge on any atom is -0.469 e. The summed E-state index contributed by atoms with van der Waals surface area (Å²) in [5.74, 6) is -0.914. The lowest BCUT2D eigenvalue weighted by atomic mass is 10.2. The van der Waals surface area contributed by atoms with Crippen LogP contribution in [-0.2, 0) is 19.0 Å². The number of hydrogen-bond donors (Lipinski definition) is 1. The molecule has 2 unspecified atom stereocenters. The molecular weight excluding hydrogens is 224 g/mol.